The van der Waals surface area contributed by atoms with Gasteiger partial charge in [0.1, 0.15) is 5.82 Å². The van der Waals surface area contributed by atoms with Crippen molar-refractivity contribution in [2.45, 2.75) is 19.4 Å². The fourth-order valence-corrected chi connectivity index (χ4v) is 5.71. The maximum atomic E-state index is 16.3. The Bertz CT molecular complexity index is 1650. The van der Waals surface area contributed by atoms with Gasteiger partial charge < -0.3 is 14.4 Å². The van der Waals surface area contributed by atoms with Crippen molar-refractivity contribution in [2.24, 2.45) is 5.92 Å². The van der Waals surface area contributed by atoms with Gasteiger partial charge in [0, 0.05) is 49.1 Å². The number of nitrogens with zero attached hydrogens (tertiary/aromatic N) is 3. The van der Waals surface area contributed by atoms with Crippen LogP contribution in [0.25, 0.3) is 32.8 Å². The predicted octanol–water partition coefficient (Wildman–Crippen LogP) is 6.00. The number of hydrogen-bond acceptors (Lipinski definition) is 3. The number of carbonyl (C=O) groups is 1. The first-order valence-electron chi connectivity index (χ1n) is 12.8. The summed E-state index contributed by atoms with van der Waals surface area (Å²) in [7, 11) is 0. The second-order valence-corrected chi connectivity index (χ2v) is 10.4. The number of carbonyl (C=O) groups excluding carboxylic acids is 1. The average Bonchev–Trinajstić information content (AvgIpc) is 3.75. The van der Waals surface area contributed by atoms with E-state index in [9.17, 15) is 14.0 Å². The van der Waals surface area contributed by atoms with Gasteiger partial charge >= 0.3 is 0 Å². The van der Waals surface area contributed by atoms with Crippen molar-refractivity contribution in [2.75, 3.05) is 31.1 Å². The van der Waals surface area contributed by atoms with Gasteiger partial charge in [0.15, 0.2) is 5.82 Å². The number of halogens is 3. The second-order valence-electron chi connectivity index (χ2n) is 10.0. The van der Waals surface area contributed by atoms with Gasteiger partial charge in [-0.25, -0.2) is 8.78 Å². The molecule has 0 radical (unpaired) electrons. The molecule has 0 bridgehead atoms. The van der Waals surface area contributed by atoms with Crippen LogP contribution in [0, 0.1) is 17.6 Å². The van der Waals surface area contributed by atoms with Gasteiger partial charge in [-0.2, -0.15) is 0 Å². The standard InChI is InChI=1S/C30H26ClF2N3O2/c1-2-26(37)35-14-12-34(13-15-35)24-11-10-21-28(29(24)33)20-9-8-19(27-22(31)4-3-5-23(27)32)16-25(20)36(30(21)38)17-18-6-7-18/h2-5,8-11,16,18H,1,6-7,12-15,17H2. The number of anilines is 1. The van der Waals surface area contributed by atoms with E-state index in [0.29, 0.717) is 66.2 Å². The molecule has 1 saturated heterocycles. The van der Waals surface area contributed by atoms with E-state index in [1.165, 1.54) is 12.1 Å². The third-order valence-electron chi connectivity index (χ3n) is 7.65. The van der Waals surface area contributed by atoms with E-state index in [4.69, 9.17) is 11.6 Å². The van der Waals surface area contributed by atoms with Gasteiger partial charge in [-0.05, 0) is 60.7 Å². The zero-order valence-corrected chi connectivity index (χ0v) is 21.5. The molecule has 5 nitrogen and oxygen atoms in total. The zero-order valence-electron chi connectivity index (χ0n) is 20.7. The van der Waals surface area contributed by atoms with Crippen LogP contribution in [0.3, 0.4) is 0 Å². The predicted molar refractivity (Wildman–Crippen MR) is 148 cm³/mol. The minimum Gasteiger partial charge on any atom is -0.366 e. The molecule has 38 heavy (non-hydrogen) atoms. The molecular weight excluding hydrogens is 508 g/mol. The summed E-state index contributed by atoms with van der Waals surface area (Å²) in [4.78, 5) is 29.3. The van der Waals surface area contributed by atoms with Crippen LogP contribution in [0.5, 0.6) is 0 Å². The van der Waals surface area contributed by atoms with Gasteiger partial charge in [0.05, 0.1) is 21.6 Å². The number of hydrogen-bond donors (Lipinski definition) is 0. The maximum absolute atomic E-state index is 16.3. The number of amides is 1. The molecule has 1 aliphatic heterocycles. The number of piperazine rings is 1. The highest BCUT2D eigenvalue weighted by Gasteiger charge is 2.27. The first kappa shape index (κ1) is 24.6. The summed E-state index contributed by atoms with van der Waals surface area (Å²) in [5.74, 6) is -0.677. The van der Waals surface area contributed by atoms with Crippen molar-refractivity contribution in [3.8, 4) is 11.1 Å². The molecule has 1 aromatic heterocycles. The van der Waals surface area contributed by atoms with Crippen molar-refractivity contribution in [1.82, 2.24) is 9.47 Å². The molecule has 0 unspecified atom stereocenters. The molecule has 1 aliphatic carbocycles. The van der Waals surface area contributed by atoms with Crippen molar-refractivity contribution in [3.05, 3.63) is 88.2 Å². The normalized spacial score (nSPS) is 15.9. The van der Waals surface area contributed by atoms with Gasteiger partial charge in [-0.15, -0.1) is 0 Å². The molecular formula is C30H26ClF2N3O2. The van der Waals surface area contributed by atoms with E-state index >= 15 is 4.39 Å². The third kappa shape index (κ3) is 4.15. The van der Waals surface area contributed by atoms with Crippen LogP contribution < -0.4 is 10.5 Å². The molecule has 0 atom stereocenters. The van der Waals surface area contributed by atoms with Crippen molar-refractivity contribution in [3.63, 3.8) is 0 Å². The Hall–Kier alpha value is -3.71. The Kier molecular flexibility index (Phi) is 6.19. The first-order valence-corrected chi connectivity index (χ1v) is 13.1. The molecule has 1 saturated carbocycles. The van der Waals surface area contributed by atoms with Crippen LogP contribution in [0.4, 0.5) is 14.5 Å². The highest BCUT2D eigenvalue weighted by molar-refractivity contribution is 6.33. The van der Waals surface area contributed by atoms with Gasteiger partial charge in [0.2, 0.25) is 5.91 Å². The highest BCUT2D eigenvalue weighted by atomic mass is 35.5. The summed E-state index contributed by atoms with van der Waals surface area (Å²) in [6.07, 6.45) is 3.37. The largest absolute Gasteiger partial charge is 0.366 e. The molecule has 4 aromatic rings. The minimum atomic E-state index is -0.469. The lowest BCUT2D eigenvalue weighted by Crippen LogP contribution is -2.48. The van der Waals surface area contributed by atoms with Gasteiger partial charge in [-0.3, -0.25) is 9.59 Å². The molecule has 2 fully saturated rings. The molecule has 3 aromatic carbocycles. The molecule has 194 valence electrons. The summed E-state index contributed by atoms with van der Waals surface area (Å²) in [5, 5.41) is 1.43. The lowest BCUT2D eigenvalue weighted by atomic mass is 9.98. The fourth-order valence-electron chi connectivity index (χ4n) is 5.44. The Balaban J connectivity index is 1.53. The Labute approximate surface area is 223 Å². The van der Waals surface area contributed by atoms with Crippen LogP contribution in [-0.2, 0) is 11.3 Å². The van der Waals surface area contributed by atoms with E-state index in [0.717, 1.165) is 12.8 Å². The van der Waals surface area contributed by atoms with Gasteiger partial charge in [-0.1, -0.05) is 36.4 Å². The van der Waals surface area contributed by atoms with E-state index in [1.54, 1.807) is 51.9 Å². The Morgan fingerprint density at radius 2 is 1.76 bits per heavy atom. The van der Waals surface area contributed by atoms with Crippen molar-refractivity contribution < 1.29 is 13.6 Å². The smallest absolute Gasteiger partial charge is 0.259 e. The number of pyridine rings is 1. The van der Waals surface area contributed by atoms with Crippen LogP contribution >= 0.6 is 11.6 Å². The van der Waals surface area contributed by atoms with Gasteiger partial charge in [0.25, 0.3) is 5.56 Å². The molecule has 0 spiro atoms. The van der Waals surface area contributed by atoms with Crippen molar-refractivity contribution in [1.29, 1.82) is 0 Å². The molecule has 6 rings (SSSR count). The monoisotopic (exact) mass is 533 g/mol. The molecule has 0 N–H and O–H groups in total. The van der Waals surface area contributed by atoms with Crippen LogP contribution in [-0.4, -0.2) is 41.6 Å². The number of aromatic nitrogens is 1. The third-order valence-corrected chi connectivity index (χ3v) is 7.97. The zero-order chi connectivity index (χ0) is 26.6. The van der Waals surface area contributed by atoms with E-state index in [-0.39, 0.29) is 27.4 Å². The number of benzene rings is 3. The summed E-state index contributed by atoms with van der Waals surface area (Å²) >= 11 is 6.34. The summed E-state index contributed by atoms with van der Waals surface area (Å²) in [6, 6.07) is 13.1. The molecule has 1 amide bonds. The van der Waals surface area contributed by atoms with Crippen LogP contribution in [0.2, 0.25) is 5.02 Å². The number of rotatable bonds is 5. The minimum absolute atomic E-state index is 0.142. The van der Waals surface area contributed by atoms with Crippen molar-refractivity contribution >= 4 is 44.9 Å². The molecule has 2 aliphatic rings. The summed E-state index contributed by atoms with van der Waals surface area (Å²) in [6.45, 7) is 5.92. The van der Waals surface area contributed by atoms with E-state index in [1.807, 2.05) is 4.90 Å². The molecule has 2 heterocycles. The van der Waals surface area contributed by atoms with Crippen LogP contribution in [0.15, 0.2) is 66.0 Å². The summed E-state index contributed by atoms with van der Waals surface area (Å²) in [5.41, 5.74) is 1.47. The Morgan fingerprint density at radius 1 is 1.03 bits per heavy atom. The van der Waals surface area contributed by atoms with E-state index in [2.05, 4.69) is 6.58 Å². The quantitative estimate of drug-likeness (QED) is 0.233. The molecule has 8 heteroatoms. The highest BCUT2D eigenvalue weighted by Crippen LogP contribution is 2.38. The Morgan fingerprint density at radius 3 is 2.45 bits per heavy atom. The number of fused-ring (bicyclic) bond motifs is 3. The topological polar surface area (TPSA) is 45.6 Å². The van der Waals surface area contributed by atoms with Crippen LogP contribution in [0.1, 0.15) is 12.8 Å². The maximum Gasteiger partial charge on any atom is 0.259 e. The average molecular weight is 534 g/mol. The lowest BCUT2D eigenvalue weighted by Gasteiger charge is -2.36. The first-order chi connectivity index (χ1) is 18.4. The van der Waals surface area contributed by atoms with E-state index < -0.39 is 11.6 Å². The second kappa shape index (κ2) is 9.55. The SMILES string of the molecule is C=CC(=O)N1CCN(c2ccc3c(=O)n(CC4CC4)c4cc(-c5c(F)cccc5Cl)ccc4c3c2F)CC1. The fraction of sp³-hybridized carbons (Fsp3) is 0.267. The lowest BCUT2D eigenvalue weighted by molar-refractivity contribution is -0.126. The summed E-state index contributed by atoms with van der Waals surface area (Å²) < 4.78 is 32.7.